The molecular weight excluding hydrogens is 192 g/mol. The van der Waals surface area contributed by atoms with E-state index in [2.05, 4.69) is 11.9 Å². The summed E-state index contributed by atoms with van der Waals surface area (Å²) in [5.41, 5.74) is 5.68. The number of hydrogen-bond donors (Lipinski definition) is 1. The zero-order valence-corrected chi connectivity index (χ0v) is 10.4. The lowest BCUT2D eigenvalue weighted by atomic mass is 10.2. The lowest BCUT2D eigenvalue weighted by Crippen LogP contribution is -2.28. The van der Waals surface area contributed by atoms with Crippen molar-refractivity contribution in [2.45, 2.75) is 25.8 Å². The summed E-state index contributed by atoms with van der Waals surface area (Å²) in [7, 11) is 3.81. The van der Waals surface area contributed by atoms with E-state index in [1.54, 1.807) is 7.11 Å². The summed E-state index contributed by atoms with van der Waals surface area (Å²) in [5.74, 6) is 0. The first-order valence-electron chi connectivity index (χ1n) is 5.67. The Balaban J connectivity index is 3.13. The Morgan fingerprint density at radius 3 is 2.53 bits per heavy atom. The van der Waals surface area contributed by atoms with Gasteiger partial charge in [0, 0.05) is 32.9 Å². The molecule has 0 heterocycles. The molecule has 0 saturated heterocycles. The van der Waals surface area contributed by atoms with Crippen molar-refractivity contribution in [2.24, 2.45) is 5.73 Å². The molecule has 0 aliphatic carbocycles. The average molecular weight is 218 g/mol. The molecule has 1 atom stereocenters. The Kier molecular flexibility index (Phi) is 10.3. The second-order valence-electron chi connectivity index (χ2n) is 4.03. The monoisotopic (exact) mass is 218 g/mol. The fourth-order valence-electron chi connectivity index (χ4n) is 1.16. The van der Waals surface area contributed by atoms with E-state index in [-0.39, 0.29) is 6.04 Å². The van der Waals surface area contributed by atoms with Crippen LogP contribution in [-0.4, -0.2) is 58.0 Å². The predicted molar refractivity (Wildman–Crippen MR) is 63.1 cm³/mol. The number of ether oxygens (including phenoxy) is 2. The van der Waals surface area contributed by atoms with Gasteiger partial charge >= 0.3 is 0 Å². The van der Waals surface area contributed by atoms with Gasteiger partial charge in [-0.2, -0.15) is 0 Å². The summed E-state index contributed by atoms with van der Waals surface area (Å²) < 4.78 is 10.4. The SMILES string of the molecule is COCCCOCCN(C)CCC(C)N. The maximum absolute atomic E-state index is 5.68. The van der Waals surface area contributed by atoms with Gasteiger partial charge in [0.25, 0.3) is 0 Å². The van der Waals surface area contributed by atoms with Gasteiger partial charge in [-0.05, 0) is 33.4 Å². The smallest absolute Gasteiger partial charge is 0.0593 e. The first kappa shape index (κ1) is 14.8. The standard InChI is InChI=1S/C11H26N2O2/c1-11(12)5-6-13(2)7-10-15-9-4-8-14-3/h11H,4-10,12H2,1-3H3. The minimum absolute atomic E-state index is 0.287. The summed E-state index contributed by atoms with van der Waals surface area (Å²) in [6, 6.07) is 0.287. The van der Waals surface area contributed by atoms with Crippen molar-refractivity contribution in [3.8, 4) is 0 Å². The van der Waals surface area contributed by atoms with Gasteiger partial charge in [0.2, 0.25) is 0 Å². The number of likely N-dealkylation sites (N-methyl/N-ethyl adjacent to an activating group) is 1. The summed E-state index contributed by atoms with van der Waals surface area (Å²) in [6.07, 6.45) is 2.01. The van der Waals surface area contributed by atoms with E-state index in [4.69, 9.17) is 15.2 Å². The average Bonchev–Trinajstić information content (AvgIpc) is 2.20. The number of nitrogens with zero attached hydrogens (tertiary/aromatic N) is 1. The lowest BCUT2D eigenvalue weighted by molar-refractivity contribution is 0.0883. The first-order valence-corrected chi connectivity index (χ1v) is 5.67. The largest absolute Gasteiger partial charge is 0.385 e. The molecule has 0 saturated carbocycles. The third-order valence-corrected chi connectivity index (χ3v) is 2.22. The molecule has 0 aromatic rings. The predicted octanol–water partition coefficient (Wildman–Crippen LogP) is 0.709. The van der Waals surface area contributed by atoms with Crippen LogP contribution >= 0.6 is 0 Å². The third-order valence-electron chi connectivity index (χ3n) is 2.22. The van der Waals surface area contributed by atoms with Crippen LogP contribution in [0.4, 0.5) is 0 Å². The first-order chi connectivity index (χ1) is 7.16. The molecule has 2 N–H and O–H groups in total. The number of rotatable bonds is 10. The van der Waals surface area contributed by atoms with Crippen LogP contribution in [0.3, 0.4) is 0 Å². The van der Waals surface area contributed by atoms with Crippen molar-refractivity contribution < 1.29 is 9.47 Å². The summed E-state index contributed by atoms with van der Waals surface area (Å²) in [4.78, 5) is 2.25. The van der Waals surface area contributed by atoms with Gasteiger partial charge in [-0.15, -0.1) is 0 Å². The van der Waals surface area contributed by atoms with Gasteiger partial charge in [-0.1, -0.05) is 0 Å². The molecule has 4 nitrogen and oxygen atoms in total. The molecule has 0 rings (SSSR count). The van der Waals surface area contributed by atoms with Crippen LogP contribution in [0.15, 0.2) is 0 Å². The highest BCUT2D eigenvalue weighted by atomic mass is 16.5. The molecule has 1 unspecified atom stereocenters. The van der Waals surface area contributed by atoms with E-state index in [1.807, 2.05) is 6.92 Å². The van der Waals surface area contributed by atoms with E-state index in [9.17, 15) is 0 Å². The molecule has 4 heteroatoms. The number of hydrogen-bond acceptors (Lipinski definition) is 4. The van der Waals surface area contributed by atoms with Crippen LogP contribution in [0.2, 0.25) is 0 Å². The van der Waals surface area contributed by atoms with Gasteiger partial charge in [-0.25, -0.2) is 0 Å². The van der Waals surface area contributed by atoms with Crippen LogP contribution in [0, 0.1) is 0 Å². The normalized spacial score (nSPS) is 13.4. The van der Waals surface area contributed by atoms with Gasteiger partial charge in [-0.3, -0.25) is 0 Å². The highest BCUT2D eigenvalue weighted by Gasteiger charge is 2.00. The topological polar surface area (TPSA) is 47.7 Å². The van der Waals surface area contributed by atoms with Crippen LogP contribution in [0.5, 0.6) is 0 Å². The van der Waals surface area contributed by atoms with E-state index < -0.39 is 0 Å². The summed E-state index contributed by atoms with van der Waals surface area (Å²) in [5, 5.41) is 0. The molecule has 0 aliphatic heterocycles. The van der Waals surface area contributed by atoms with Crippen molar-refractivity contribution in [1.29, 1.82) is 0 Å². The molecule has 0 amide bonds. The molecule has 0 aromatic heterocycles. The molecule has 0 aromatic carbocycles. The van der Waals surface area contributed by atoms with E-state index in [0.29, 0.717) is 0 Å². The second-order valence-corrected chi connectivity index (χ2v) is 4.03. The molecule has 15 heavy (non-hydrogen) atoms. The Labute approximate surface area is 93.7 Å². The van der Waals surface area contributed by atoms with Crippen molar-refractivity contribution >= 4 is 0 Å². The minimum Gasteiger partial charge on any atom is -0.385 e. The van der Waals surface area contributed by atoms with Crippen molar-refractivity contribution in [3.05, 3.63) is 0 Å². The van der Waals surface area contributed by atoms with E-state index in [1.165, 1.54) is 0 Å². The van der Waals surface area contributed by atoms with E-state index in [0.717, 1.165) is 45.8 Å². The maximum atomic E-state index is 5.68. The zero-order valence-electron chi connectivity index (χ0n) is 10.4. The summed E-state index contributed by atoms with van der Waals surface area (Å²) in [6.45, 7) is 6.41. The Hall–Kier alpha value is -0.160. The van der Waals surface area contributed by atoms with Gasteiger partial charge in [0.1, 0.15) is 0 Å². The van der Waals surface area contributed by atoms with Crippen molar-refractivity contribution in [2.75, 3.05) is 47.1 Å². The molecule has 0 radical (unpaired) electrons. The zero-order chi connectivity index (χ0) is 11.5. The molecular formula is C11H26N2O2. The van der Waals surface area contributed by atoms with Crippen LogP contribution in [0.25, 0.3) is 0 Å². The molecule has 0 bridgehead atoms. The molecule has 92 valence electrons. The number of methoxy groups -OCH3 is 1. The van der Waals surface area contributed by atoms with Crippen molar-refractivity contribution in [3.63, 3.8) is 0 Å². The minimum atomic E-state index is 0.287. The van der Waals surface area contributed by atoms with Gasteiger partial charge in [0.05, 0.1) is 6.61 Å². The van der Waals surface area contributed by atoms with Crippen LogP contribution in [0.1, 0.15) is 19.8 Å². The van der Waals surface area contributed by atoms with Crippen molar-refractivity contribution in [1.82, 2.24) is 4.90 Å². The van der Waals surface area contributed by atoms with Crippen LogP contribution < -0.4 is 5.73 Å². The van der Waals surface area contributed by atoms with Gasteiger partial charge < -0.3 is 20.1 Å². The highest BCUT2D eigenvalue weighted by molar-refractivity contribution is 4.57. The lowest BCUT2D eigenvalue weighted by Gasteiger charge is -2.17. The van der Waals surface area contributed by atoms with Crippen LogP contribution in [-0.2, 0) is 9.47 Å². The molecule has 0 fully saturated rings. The fourth-order valence-corrected chi connectivity index (χ4v) is 1.16. The summed E-state index contributed by atoms with van der Waals surface area (Å²) >= 11 is 0. The van der Waals surface area contributed by atoms with Gasteiger partial charge in [0.15, 0.2) is 0 Å². The Morgan fingerprint density at radius 2 is 1.93 bits per heavy atom. The second kappa shape index (κ2) is 10.4. The quantitative estimate of drug-likeness (QED) is 0.549. The third kappa shape index (κ3) is 11.8. The molecule has 0 spiro atoms. The maximum Gasteiger partial charge on any atom is 0.0593 e. The Bertz CT molecular complexity index is 132. The Morgan fingerprint density at radius 1 is 1.20 bits per heavy atom. The molecule has 0 aliphatic rings. The number of nitrogens with two attached hydrogens (primary N) is 1. The fraction of sp³-hybridized carbons (Fsp3) is 1.00. The highest BCUT2D eigenvalue weighted by Crippen LogP contribution is 1.91. The van der Waals surface area contributed by atoms with E-state index >= 15 is 0 Å².